The fraction of sp³-hybridized carbons (Fsp3) is 0.111. The van der Waals surface area contributed by atoms with Gasteiger partial charge in [-0.15, -0.1) is 0 Å². The van der Waals surface area contributed by atoms with Crippen molar-refractivity contribution >= 4 is 28.7 Å². The number of para-hydroxylation sites is 2. The van der Waals surface area contributed by atoms with E-state index in [9.17, 15) is 13.2 Å². The summed E-state index contributed by atoms with van der Waals surface area (Å²) in [6, 6.07) is 14.5. The van der Waals surface area contributed by atoms with Crippen molar-refractivity contribution in [1.29, 1.82) is 0 Å². The van der Waals surface area contributed by atoms with E-state index in [1.807, 2.05) is 30.3 Å². The molecule has 3 rings (SSSR count). The molecular weight excluding hydrogens is 343 g/mol. The average molecular weight is 359 g/mol. The fourth-order valence-electron chi connectivity index (χ4n) is 2.49. The minimum absolute atomic E-state index is 0.106. The van der Waals surface area contributed by atoms with Gasteiger partial charge in [-0.25, -0.2) is 9.97 Å². The van der Waals surface area contributed by atoms with Crippen LogP contribution in [0.3, 0.4) is 0 Å². The van der Waals surface area contributed by atoms with Gasteiger partial charge < -0.3 is 16.0 Å². The highest BCUT2D eigenvalue weighted by molar-refractivity contribution is 5.81. The molecular formula is C18H16F3N5. The van der Waals surface area contributed by atoms with Crippen LogP contribution in [0.4, 0.5) is 41.9 Å². The molecule has 0 spiro atoms. The number of nitrogens with two attached hydrogens (primary N) is 1. The normalized spacial score (nSPS) is 11.2. The van der Waals surface area contributed by atoms with Crippen LogP contribution in [0.25, 0.3) is 0 Å². The van der Waals surface area contributed by atoms with Gasteiger partial charge in [0.25, 0.3) is 0 Å². The number of aromatic nitrogens is 2. The van der Waals surface area contributed by atoms with Crippen molar-refractivity contribution in [2.75, 3.05) is 23.0 Å². The molecule has 0 bridgehead atoms. The molecule has 0 aliphatic rings. The van der Waals surface area contributed by atoms with Crippen LogP contribution in [-0.2, 0) is 6.18 Å². The molecule has 8 heteroatoms. The Morgan fingerprint density at radius 2 is 1.62 bits per heavy atom. The van der Waals surface area contributed by atoms with Gasteiger partial charge in [0.05, 0.1) is 11.3 Å². The molecule has 0 saturated heterocycles. The second-order valence-corrected chi connectivity index (χ2v) is 5.52. The van der Waals surface area contributed by atoms with Crippen LogP contribution >= 0.6 is 0 Å². The summed E-state index contributed by atoms with van der Waals surface area (Å²) >= 11 is 0. The number of anilines is 5. The minimum atomic E-state index is -4.49. The third kappa shape index (κ3) is 3.53. The smallest absolute Gasteiger partial charge is 0.393 e. The third-order valence-corrected chi connectivity index (χ3v) is 3.81. The third-order valence-electron chi connectivity index (χ3n) is 3.81. The van der Waals surface area contributed by atoms with E-state index in [2.05, 4.69) is 15.3 Å². The van der Waals surface area contributed by atoms with Crippen molar-refractivity contribution in [3.63, 3.8) is 0 Å². The first-order valence-corrected chi connectivity index (χ1v) is 7.70. The van der Waals surface area contributed by atoms with Gasteiger partial charge in [-0.1, -0.05) is 30.3 Å². The number of benzene rings is 2. The van der Waals surface area contributed by atoms with Gasteiger partial charge in [-0.3, -0.25) is 0 Å². The summed E-state index contributed by atoms with van der Waals surface area (Å²) in [4.78, 5) is 9.88. The lowest BCUT2D eigenvalue weighted by molar-refractivity contribution is -0.136. The van der Waals surface area contributed by atoms with Gasteiger partial charge >= 0.3 is 6.18 Å². The molecule has 2 aromatic carbocycles. The summed E-state index contributed by atoms with van der Waals surface area (Å²) in [5.74, 6) is 0.493. The van der Waals surface area contributed by atoms with E-state index in [1.165, 1.54) is 24.5 Å². The van der Waals surface area contributed by atoms with Crippen LogP contribution in [0, 0.1) is 0 Å². The molecule has 3 N–H and O–H groups in total. The molecule has 26 heavy (non-hydrogen) atoms. The SMILES string of the molecule is CN(c1ccccc1)c1ncnc(Nc2ccccc2C(F)(F)F)c1N. The summed E-state index contributed by atoms with van der Waals surface area (Å²) in [6.07, 6.45) is -3.24. The van der Waals surface area contributed by atoms with E-state index >= 15 is 0 Å². The maximum Gasteiger partial charge on any atom is 0.418 e. The molecule has 0 saturated carbocycles. The molecule has 0 unspecified atom stereocenters. The van der Waals surface area contributed by atoms with Crippen molar-refractivity contribution in [3.8, 4) is 0 Å². The monoisotopic (exact) mass is 359 g/mol. The second kappa shape index (κ2) is 6.91. The second-order valence-electron chi connectivity index (χ2n) is 5.52. The molecule has 0 amide bonds. The first-order chi connectivity index (χ1) is 12.4. The lowest BCUT2D eigenvalue weighted by atomic mass is 10.1. The zero-order chi connectivity index (χ0) is 18.7. The van der Waals surface area contributed by atoms with Crippen molar-refractivity contribution in [3.05, 3.63) is 66.5 Å². The Bertz CT molecular complexity index is 897. The zero-order valence-corrected chi connectivity index (χ0v) is 13.8. The van der Waals surface area contributed by atoms with Gasteiger partial charge in [0, 0.05) is 12.7 Å². The van der Waals surface area contributed by atoms with E-state index in [0.29, 0.717) is 5.82 Å². The maximum atomic E-state index is 13.2. The highest BCUT2D eigenvalue weighted by Gasteiger charge is 2.33. The highest BCUT2D eigenvalue weighted by Crippen LogP contribution is 2.37. The zero-order valence-electron chi connectivity index (χ0n) is 13.8. The molecule has 0 radical (unpaired) electrons. The minimum Gasteiger partial charge on any atom is -0.393 e. The van der Waals surface area contributed by atoms with E-state index in [1.54, 1.807) is 11.9 Å². The van der Waals surface area contributed by atoms with Gasteiger partial charge in [0.15, 0.2) is 11.6 Å². The number of halogens is 3. The molecule has 1 heterocycles. The van der Waals surface area contributed by atoms with Crippen LogP contribution in [0.2, 0.25) is 0 Å². The first-order valence-electron chi connectivity index (χ1n) is 7.70. The van der Waals surface area contributed by atoms with Crippen molar-refractivity contribution in [2.24, 2.45) is 0 Å². The summed E-state index contributed by atoms with van der Waals surface area (Å²) < 4.78 is 39.5. The molecule has 134 valence electrons. The molecule has 0 fully saturated rings. The topological polar surface area (TPSA) is 67.1 Å². The molecule has 5 nitrogen and oxygen atoms in total. The summed E-state index contributed by atoms with van der Waals surface area (Å²) in [6.45, 7) is 0. The van der Waals surface area contributed by atoms with Gasteiger partial charge in [0.1, 0.15) is 12.0 Å². The van der Waals surface area contributed by atoms with E-state index in [4.69, 9.17) is 5.73 Å². The standard InChI is InChI=1S/C18H16F3N5/c1-26(12-7-3-2-4-8-12)17-15(22)16(23-11-24-17)25-14-10-6-5-9-13(14)18(19,20)21/h2-11H,22H2,1H3,(H,23,24,25). The predicted octanol–water partition coefficient (Wildman–Crippen LogP) is 4.59. The van der Waals surface area contributed by atoms with E-state index in [-0.39, 0.29) is 17.2 Å². The lowest BCUT2D eigenvalue weighted by Gasteiger charge is -2.21. The quantitative estimate of drug-likeness (QED) is 0.713. The first kappa shape index (κ1) is 17.5. The molecule has 0 aliphatic heterocycles. The van der Waals surface area contributed by atoms with Gasteiger partial charge in [-0.2, -0.15) is 13.2 Å². The largest absolute Gasteiger partial charge is 0.418 e. The maximum absolute atomic E-state index is 13.2. The van der Waals surface area contributed by atoms with Crippen molar-refractivity contribution in [1.82, 2.24) is 9.97 Å². The Morgan fingerprint density at radius 1 is 0.962 bits per heavy atom. The Morgan fingerprint density at radius 3 is 2.31 bits per heavy atom. The molecule has 0 aliphatic carbocycles. The van der Waals surface area contributed by atoms with Crippen molar-refractivity contribution < 1.29 is 13.2 Å². The van der Waals surface area contributed by atoms with Crippen LogP contribution in [0.1, 0.15) is 5.56 Å². The number of nitrogens with zero attached hydrogens (tertiary/aromatic N) is 3. The van der Waals surface area contributed by atoms with E-state index in [0.717, 1.165) is 11.8 Å². The predicted molar refractivity (Wildman–Crippen MR) is 95.7 cm³/mol. The van der Waals surface area contributed by atoms with Crippen LogP contribution in [0.5, 0.6) is 0 Å². The van der Waals surface area contributed by atoms with Crippen LogP contribution in [-0.4, -0.2) is 17.0 Å². The Labute approximate surface area is 148 Å². The summed E-state index contributed by atoms with van der Waals surface area (Å²) in [5, 5.41) is 2.67. The number of nitrogens with one attached hydrogen (secondary N) is 1. The Kier molecular flexibility index (Phi) is 4.66. The van der Waals surface area contributed by atoms with Gasteiger partial charge in [0.2, 0.25) is 0 Å². The Balaban J connectivity index is 1.97. The summed E-state index contributed by atoms with van der Waals surface area (Å²) in [7, 11) is 1.77. The van der Waals surface area contributed by atoms with Crippen LogP contribution < -0.4 is 16.0 Å². The van der Waals surface area contributed by atoms with E-state index < -0.39 is 11.7 Å². The Hall–Kier alpha value is -3.29. The average Bonchev–Trinajstić information content (AvgIpc) is 2.63. The number of alkyl halides is 3. The highest BCUT2D eigenvalue weighted by atomic mass is 19.4. The lowest BCUT2D eigenvalue weighted by Crippen LogP contribution is -2.15. The van der Waals surface area contributed by atoms with Crippen LogP contribution in [0.15, 0.2) is 60.9 Å². The number of nitrogen functional groups attached to an aromatic ring is 1. The fourth-order valence-corrected chi connectivity index (χ4v) is 2.49. The number of hydrogen-bond acceptors (Lipinski definition) is 5. The molecule has 3 aromatic rings. The summed E-state index contributed by atoms with van der Waals surface area (Å²) in [5.41, 5.74) is 6.18. The van der Waals surface area contributed by atoms with Crippen molar-refractivity contribution in [2.45, 2.75) is 6.18 Å². The number of hydrogen-bond donors (Lipinski definition) is 2. The molecule has 0 atom stereocenters. The molecule has 1 aromatic heterocycles. The van der Waals surface area contributed by atoms with Gasteiger partial charge in [-0.05, 0) is 24.3 Å². The number of rotatable bonds is 4.